The first-order chi connectivity index (χ1) is 6.30. The van der Waals surface area contributed by atoms with Gasteiger partial charge in [-0.2, -0.15) is 12.6 Å². The van der Waals surface area contributed by atoms with Crippen molar-refractivity contribution in [3.63, 3.8) is 0 Å². The summed E-state index contributed by atoms with van der Waals surface area (Å²) in [5.41, 5.74) is 0. The van der Waals surface area contributed by atoms with Gasteiger partial charge in [0, 0.05) is 6.42 Å². The van der Waals surface area contributed by atoms with Crippen molar-refractivity contribution in [2.75, 3.05) is 0 Å². The molecule has 1 atom stereocenters. The van der Waals surface area contributed by atoms with Gasteiger partial charge in [-0.25, -0.2) is 0 Å². The minimum atomic E-state index is 0.0590. The van der Waals surface area contributed by atoms with Gasteiger partial charge in [-0.05, 0) is 12.8 Å². The summed E-state index contributed by atoms with van der Waals surface area (Å²) in [7, 11) is 0. The molecule has 0 N–H and O–H groups in total. The Labute approximate surface area is 86.7 Å². The zero-order valence-corrected chi connectivity index (χ0v) is 9.19. The van der Waals surface area contributed by atoms with Crippen molar-refractivity contribution in [2.45, 2.75) is 63.0 Å². The highest BCUT2D eigenvalue weighted by molar-refractivity contribution is 7.81. The Hall–Kier alpha value is 0.0200. The lowest BCUT2D eigenvalue weighted by atomic mass is 9.99. The van der Waals surface area contributed by atoms with Crippen LogP contribution in [0.5, 0.6) is 0 Å². The lowest BCUT2D eigenvalue weighted by Gasteiger charge is -2.13. The number of hydrogen-bond acceptors (Lipinski definition) is 2. The van der Waals surface area contributed by atoms with Crippen LogP contribution in [0.3, 0.4) is 0 Å². The Morgan fingerprint density at radius 3 is 1.77 bits per heavy atom. The van der Waals surface area contributed by atoms with Gasteiger partial charge in [0.2, 0.25) is 0 Å². The average Bonchev–Trinajstić information content (AvgIpc) is 2.68. The summed E-state index contributed by atoms with van der Waals surface area (Å²) >= 11 is 4.11. The molecule has 76 valence electrons. The molecule has 0 aromatic rings. The molecule has 13 heavy (non-hydrogen) atoms. The van der Waals surface area contributed by atoms with Crippen molar-refractivity contribution in [3.05, 3.63) is 0 Å². The largest absolute Gasteiger partial charge is 0.298 e. The van der Waals surface area contributed by atoms with Crippen LogP contribution >= 0.6 is 12.6 Å². The predicted molar refractivity (Wildman–Crippen MR) is 59.3 cm³/mol. The number of carbonyl (C=O) groups excluding carboxylic acids is 1. The van der Waals surface area contributed by atoms with Crippen molar-refractivity contribution >= 4 is 18.4 Å². The minimum Gasteiger partial charge on any atom is -0.298 e. The summed E-state index contributed by atoms with van der Waals surface area (Å²) in [4.78, 5) is 10.7. The van der Waals surface area contributed by atoms with Crippen molar-refractivity contribution < 1.29 is 4.79 Å². The van der Waals surface area contributed by atoms with Gasteiger partial charge in [-0.15, -0.1) is 0 Å². The quantitative estimate of drug-likeness (QED) is 0.593. The van der Waals surface area contributed by atoms with E-state index in [1.807, 2.05) is 0 Å². The molecule has 1 unspecified atom stereocenters. The third-order valence-electron chi connectivity index (χ3n) is 2.77. The highest BCUT2D eigenvalue weighted by Gasteiger charge is 2.17. The monoisotopic (exact) mass is 200 g/mol. The second-order valence-electron chi connectivity index (χ2n) is 4.00. The van der Waals surface area contributed by atoms with E-state index in [4.69, 9.17) is 0 Å². The molecule has 0 aromatic heterocycles. The maximum absolute atomic E-state index is 10.7. The van der Waals surface area contributed by atoms with Crippen LogP contribution in [0.25, 0.3) is 0 Å². The topological polar surface area (TPSA) is 17.1 Å². The molecule has 1 nitrogen and oxygen atoms in total. The molecular weight excluding hydrogens is 180 g/mol. The number of thiol groups is 1. The molecule has 2 rings (SSSR count). The fourth-order valence-corrected chi connectivity index (χ4v) is 2.16. The fourth-order valence-electron chi connectivity index (χ4n) is 1.85. The average molecular weight is 200 g/mol. The van der Waals surface area contributed by atoms with Gasteiger partial charge in [0.25, 0.3) is 0 Å². The molecule has 2 saturated carbocycles. The molecule has 0 heterocycles. The molecule has 2 aliphatic carbocycles. The van der Waals surface area contributed by atoms with Crippen LogP contribution in [-0.2, 0) is 4.79 Å². The summed E-state index contributed by atoms with van der Waals surface area (Å²) in [5.74, 6) is 0.333. The SMILES string of the molecule is C1CCCC1.O=C1CCCCC1S. The van der Waals surface area contributed by atoms with E-state index in [1.165, 1.54) is 38.5 Å². The van der Waals surface area contributed by atoms with Crippen LogP contribution in [-0.4, -0.2) is 11.0 Å². The summed E-state index contributed by atoms with van der Waals surface area (Å²) < 4.78 is 0. The van der Waals surface area contributed by atoms with Crippen LogP contribution in [0, 0.1) is 0 Å². The first kappa shape index (κ1) is 11.1. The van der Waals surface area contributed by atoms with Gasteiger partial charge in [0.05, 0.1) is 5.25 Å². The van der Waals surface area contributed by atoms with Crippen LogP contribution in [0.4, 0.5) is 0 Å². The Morgan fingerprint density at radius 2 is 1.46 bits per heavy atom. The second-order valence-corrected chi connectivity index (χ2v) is 4.62. The molecule has 0 aliphatic heterocycles. The number of hydrogen-bond donors (Lipinski definition) is 1. The lowest BCUT2D eigenvalue weighted by molar-refractivity contribution is -0.119. The highest BCUT2D eigenvalue weighted by atomic mass is 32.1. The minimum absolute atomic E-state index is 0.0590. The van der Waals surface area contributed by atoms with Crippen molar-refractivity contribution in [1.29, 1.82) is 0 Å². The summed E-state index contributed by atoms with van der Waals surface area (Å²) in [6.45, 7) is 0. The smallest absolute Gasteiger partial charge is 0.145 e. The van der Waals surface area contributed by atoms with E-state index in [9.17, 15) is 4.79 Å². The number of Topliss-reactive ketones (excluding diaryl/α,β-unsaturated/α-hetero) is 1. The van der Waals surface area contributed by atoms with Crippen LogP contribution in [0.1, 0.15) is 57.8 Å². The normalized spacial score (nSPS) is 28.1. The van der Waals surface area contributed by atoms with E-state index in [2.05, 4.69) is 12.6 Å². The van der Waals surface area contributed by atoms with Gasteiger partial charge in [0.15, 0.2) is 0 Å². The molecule has 0 saturated heterocycles. The second kappa shape index (κ2) is 6.47. The molecule has 0 bridgehead atoms. The van der Waals surface area contributed by atoms with E-state index in [-0.39, 0.29) is 5.25 Å². The van der Waals surface area contributed by atoms with E-state index in [0.717, 1.165) is 19.3 Å². The zero-order valence-electron chi connectivity index (χ0n) is 8.30. The summed E-state index contributed by atoms with van der Waals surface area (Å²) in [6.07, 6.45) is 11.5. The van der Waals surface area contributed by atoms with E-state index >= 15 is 0 Å². The zero-order chi connectivity index (χ0) is 9.52. The molecule has 2 aliphatic rings. The summed E-state index contributed by atoms with van der Waals surface area (Å²) in [5, 5.41) is 0.0590. The Morgan fingerprint density at radius 1 is 0.923 bits per heavy atom. The van der Waals surface area contributed by atoms with Gasteiger partial charge in [0.1, 0.15) is 5.78 Å². The van der Waals surface area contributed by atoms with Crippen molar-refractivity contribution in [3.8, 4) is 0 Å². The third-order valence-corrected chi connectivity index (χ3v) is 3.32. The van der Waals surface area contributed by atoms with Crippen LogP contribution in [0.2, 0.25) is 0 Å². The standard InChI is InChI=1S/C6H10OS.C5H10/c7-5-3-1-2-4-6(5)8;1-2-4-5-3-1/h6,8H,1-4H2;1-5H2. The maximum Gasteiger partial charge on any atom is 0.145 e. The number of ketones is 1. The van der Waals surface area contributed by atoms with Gasteiger partial charge < -0.3 is 0 Å². The fraction of sp³-hybridized carbons (Fsp3) is 0.909. The Bertz CT molecular complexity index is 145. The lowest BCUT2D eigenvalue weighted by Crippen LogP contribution is -2.18. The Kier molecular flexibility index (Phi) is 5.52. The third kappa shape index (κ3) is 4.70. The molecule has 2 heteroatoms. The first-order valence-corrected chi connectivity index (χ1v) is 6.03. The first-order valence-electron chi connectivity index (χ1n) is 5.51. The van der Waals surface area contributed by atoms with Crippen molar-refractivity contribution in [2.24, 2.45) is 0 Å². The molecule has 0 amide bonds. The molecule has 0 radical (unpaired) electrons. The number of carbonyl (C=O) groups is 1. The number of rotatable bonds is 0. The van der Waals surface area contributed by atoms with Crippen LogP contribution < -0.4 is 0 Å². The Balaban J connectivity index is 0.000000145. The molecule has 0 spiro atoms. The van der Waals surface area contributed by atoms with E-state index in [0.29, 0.717) is 5.78 Å². The highest BCUT2D eigenvalue weighted by Crippen LogP contribution is 2.18. The predicted octanol–water partition coefficient (Wildman–Crippen LogP) is 3.38. The molecule has 0 aromatic carbocycles. The van der Waals surface area contributed by atoms with Crippen LogP contribution in [0.15, 0.2) is 0 Å². The van der Waals surface area contributed by atoms with Gasteiger partial charge in [-0.3, -0.25) is 4.79 Å². The summed E-state index contributed by atoms with van der Waals surface area (Å²) in [6, 6.07) is 0. The van der Waals surface area contributed by atoms with Gasteiger partial charge in [-0.1, -0.05) is 38.5 Å². The maximum atomic E-state index is 10.7. The van der Waals surface area contributed by atoms with E-state index in [1.54, 1.807) is 0 Å². The molecular formula is C11H20OS. The van der Waals surface area contributed by atoms with Gasteiger partial charge >= 0.3 is 0 Å². The molecule has 2 fully saturated rings. The van der Waals surface area contributed by atoms with Crippen molar-refractivity contribution in [1.82, 2.24) is 0 Å². The van der Waals surface area contributed by atoms with E-state index < -0.39 is 0 Å².